The number of nitrogens with one attached hydrogen (secondary N) is 1. The molecular formula is C19H14F2N8O2. The Hall–Kier alpha value is -4.48. The number of carbonyl (C=O) groups excluding carboxylic acids is 1. The summed E-state index contributed by atoms with van der Waals surface area (Å²) in [6, 6.07) is 11.0. The molecule has 0 aliphatic heterocycles. The summed E-state index contributed by atoms with van der Waals surface area (Å²) in [5, 5.41) is 18.9. The monoisotopic (exact) mass is 424 g/mol. The average molecular weight is 424 g/mol. The number of nitrogens with zero attached hydrogens (tertiary/aromatic N) is 6. The molecule has 0 fully saturated rings. The van der Waals surface area contributed by atoms with E-state index in [1.165, 1.54) is 53.2 Å². The fourth-order valence-electron chi connectivity index (χ4n) is 2.75. The quantitative estimate of drug-likeness (QED) is 0.369. The van der Waals surface area contributed by atoms with Gasteiger partial charge in [0, 0.05) is 11.1 Å². The van der Waals surface area contributed by atoms with Crippen LogP contribution in [0.5, 0.6) is 0 Å². The number of hydrogen-bond acceptors (Lipinski definition) is 8. The molecule has 31 heavy (non-hydrogen) atoms. The minimum atomic E-state index is -0.666. The van der Waals surface area contributed by atoms with Gasteiger partial charge < -0.3 is 5.73 Å². The molecule has 0 spiro atoms. The SMILES string of the molecule is Cc1c(C(=O)NN=C(c2ccc(F)cc2)c2ccc(F)cc2)nnn1-c1nonc1N. The summed E-state index contributed by atoms with van der Waals surface area (Å²) in [5.41, 5.74) is 9.63. The van der Waals surface area contributed by atoms with Gasteiger partial charge in [0.15, 0.2) is 5.69 Å². The van der Waals surface area contributed by atoms with Crippen molar-refractivity contribution in [1.82, 2.24) is 30.7 Å². The number of anilines is 1. The summed E-state index contributed by atoms with van der Waals surface area (Å²) < 4.78 is 32.4. The smallest absolute Gasteiger partial charge is 0.293 e. The Kier molecular flexibility index (Phi) is 5.18. The molecule has 0 atom stereocenters. The zero-order valence-corrected chi connectivity index (χ0v) is 16.0. The first-order chi connectivity index (χ1) is 14.9. The van der Waals surface area contributed by atoms with Crippen molar-refractivity contribution >= 4 is 17.4 Å². The maximum Gasteiger partial charge on any atom is 0.293 e. The van der Waals surface area contributed by atoms with Crippen molar-refractivity contribution in [2.45, 2.75) is 6.92 Å². The lowest BCUT2D eigenvalue weighted by Crippen LogP contribution is -2.22. The van der Waals surface area contributed by atoms with E-state index in [4.69, 9.17) is 5.73 Å². The predicted octanol–water partition coefficient (Wildman–Crippen LogP) is 2.00. The summed E-state index contributed by atoms with van der Waals surface area (Å²) in [5.74, 6) is -1.46. The number of rotatable bonds is 5. The second kappa shape index (κ2) is 8.10. The maximum absolute atomic E-state index is 13.3. The van der Waals surface area contributed by atoms with Crippen LogP contribution in [0.2, 0.25) is 0 Å². The molecule has 2 aromatic heterocycles. The van der Waals surface area contributed by atoms with Gasteiger partial charge in [-0.25, -0.2) is 18.8 Å². The first-order valence-electron chi connectivity index (χ1n) is 8.84. The zero-order valence-electron chi connectivity index (χ0n) is 16.0. The van der Waals surface area contributed by atoms with Crippen molar-refractivity contribution in [3.63, 3.8) is 0 Å². The van der Waals surface area contributed by atoms with Gasteiger partial charge in [-0.3, -0.25) is 4.79 Å². The van der Waals surface area contributed by atoms with Gasteiger partial charge in [0.05, 0.1) is 11.4 Å². The van der Waals surface area contributed by atoms with Gasteiger partial charge in [0.2, 0.25) is 11.6 Å². The zero-order chi connectivity index (χ0) is 22.0. The van der Waals surface area contributed by atoms with Crippen LogP contribution in [-0.2, 0) is 0 Å². The third-order valence-electron chi connectivity index (χ3n) is 4.31. The largest absolute Gasteiger partial charge is 0.378 e. The van der Waals surface area contributed by atoms with Gasteiger partial charge in [-0.1, -0.05) is 5.21 Å². The molecule has 0 saturated carbocycles. The molecule has 10 nitrogen and oxygen atoms in total. The topological polar surface area (TPSA) is 137 Å². The second-order valence-electron chi connectivity index (χ2n) is 6.32. The normalized spacial score (nSPS) is 10.7. The van der Waals surface area contributed by atoms with Crippen LogP contribution in [0.15, 0.2) is 58.3 Å². The van der Waals surface area contributed by atoms with Gasteiger partial charge in [-0.2, -0.15) is 9.78 Å². The highest BCUT2D eigenvalue weighted by molar-refractivity contribution is 6.13. The molecule has 156 valence electrons. The van der Waals surface area contributed by atoms with Gasteiger partial charge >= 0.3 is 0 Å². The van der Waals surface area contributed by atoms with E-state index in [2.05, 4.69) is 35.8 Å². The van der Waals surface area contributed by atoms with Crippen molar-refractivity contribution in [2.24, 2.45) is 5.10 Å². The van der Waals surface area contributed by atoms with E-state index in [0.717, 1.165) is 0 Å². The number of benzene rings is 2. The molecule has 2 heterocycles. The lowest BCUT2D eigenvalue weighted by molar-refractivity contribution is 0.0949. The van der Waals surface area contributed by atoms with Crippen LogP contribution in [0, 0.1) is 18.6 Å². The number of nitrogen functional groups attached to an aromatic ring is 1. The van der Waals surface area contributed by atoms with Crippen LogP contribution in [0.3, 0.4) is 0 Å². The molecular weight excluding hydrogens is 410 g/mol. The number of aromatic nitrogens is 5. The Morgan fingerprint density at radius 2 is 1.61 bits per heavy atom. The average Bonchev–Trinajstić information content (AvgIpc) is 3.35. The summed E-state index contributed by atoms with van der Waals surface area (Å²) in [7, 11) is 0. The minimum absolute atomic E-state index is 0.0205. The van der Waals surface area contributed by atoms with Gasteiger partial charge in [-0.15, -0.1) is 5.10 Å². The predicted molar refractivity (Wildman–Crippen MR) is 104 cm³/mol. The highest BCUT2D eigenvalue weighted by Gasteiger charge is 2.21. The van der Waals surface area contributed by atoms with Crippen LogP contribution in [0.25, 0.3) is 5.82 Å². The molecule has 3 N–H and O–H groups in total. The highest BCUT2D eigenvalue weighted by atomic mass is 19.1. The molecule has 1 amide bonds. The third-order valence-corrected chi connectivity index (χ3v) is 4.31. The highest BCUT2D eigenvalue weighted by Crippen LogP contribution is 2.15. The molecule has 0 aliphatic carbocycles. The third kappa shape index (κ3) is 3.99. The number of carbonyl (C=O) groups is 1. The molecule has 0 unspecified atom stereocenters. The molecule has 4 aromatic rings. The van der Waals surface area contributed by atoms with E-state index in [1.54, 1.807) is 6.92 Å². The van der Waals surface area contributed by atoms with Crippen molar-refractivity contribution in [3.8, 4) is 5.82 Å². The first-order valence-corrected chi connectivity index (χ1v) is 8.84. The Morgan fingerprint density at radius 1 is 1.03 bits per heavy atom. The van der Waals surface area contributed by atoms with Crippen LogP contribution < -0.4 is 11.2 Å². The Labute approximate surface area is 173 Å². The van der Waals surface area contributed by atoms with E-state index in [-0.39, 0.29) is 17.3 Å². The summed E-state index contributed by atoms with van der Waals surface area (Å²) in [4.78, 5) is 12.7. The molecule has 4 rings (SSSR count). The Bertz CT molecular complexity index is 1220. The maximum atomic E-state index is 13.3. The van der Waals surface area contributed by atoms with Gasteiger partial charge in [0.1, 0.15) is 11.6 Å². The van der Waals surface area contributed by atoms with Crippen molar-refractivity contribution < 1.29 is 18.2 Å². The van der Waals surface area contributed by atoms with E-state index in [1.807, 2.05) is 0 Å². The molecule has 0 radical (unpaired) electrons. The lowest BCUT2D eigenvalue weighted by Gasteiger charge is -2.08. The number of hydrogen-bond donors (Lipinski definition) is 2. The summed E-state index contributed by atoms with van der Waals surface area (Å²) in [6.45, 7) is 1.58. The fourth-order valence-corrected chi connectivity index (χ4v) is 2.75. The number of halogens is 2. The van der Waals surface area contributed by atoms with Crippen LogP contribution >= 0.6 is 0 Å². The molecule has 12 heteroatoms. The minimum Gasteiger partial charge on any atom is -0.378 e. The Balaban J connectivity index is 1.65. The van der Waals surface area contributed by atoms with Crippen molar-refractivity contribution in [3.05, 3.63) is 82.7 Å². The number of amides is 1. The van der Waals surface area contributed by atoms with Crippen molar-refractivity contribution in [1.29, 1.82) is 0 Å². The molecule has 0 bridgehead atoms. The van der Waals surface area contributed by atoms with Crippen LogP contribution in [0.1, 0.15) is 27.3 Å². The standard InChI is InChI=1S/C19H14F2N8O2/c1-10-15(24-28-29(10)18-17(22)26-31-27-18)19(30)25-23-16(11-2-6-13(20)7-3-11)12-4-8-14(21)9-5-12/h2-9H,1H3,(H2,22,26)(H,25,30). The fraction of sp³-hybridized carbons (Fsp3) is 0.0526. The van der Waals surface area contributed by atoms with E-state index in [9.17, 15) is 13.6 Å². The number of hydrazone groups is 1. The molecule has 0 saturated heterocycles. The van der Waals surface area contributed by atoms with Gasteiger partial charge in [-0.05, 0) is 65.8 Å². The van der Waals surface area contributed by atoms with Crippen LogP contribution in [-0.4, -0.2) is 36.9 Å². The lowest BCUT2D eigenvalue weighted by atomic mass is 10.0. The van der Waals surface area contributed by atoms with E-state index >= 15 is 0 Å². The summed E-state index contributed by atoms with van der Waals surface area (Å²) in [6.07, 6.45) is 0. The van der Waals surface area contributed by atoms with Crippen LogP contribution in [0.4, 0.5) is 14.6 Å². The second-order valence-corrected chi connectivity index (χ2v) is 6.32. The van der Waals surface area contributed by atoms with Gasteiger partial charge in [0.25, 0.3) is 5.91 Å². The van der Waals surface area contributed by atoms with E-state index < -0.39 is 17.5 Å². The molecule has 2 aromatic carbocycles. The van der Waals surface area contributed by atoms with Crippen molar-refractivity contribution in [2.75, 3.05) is 5.73 Å². The Morgan fingerprint density at radius 3 is 2.13 bits per heavy atom. The molecule has 0 aliphatic rings. The number of nitrogens with two attached hydrogens (primary N) is 1. The first kappa shape index (κ1) is 19.8. The van der Waals surface area contributed by atoms with E-state index in [0.29, 0.717) is 22.5 Å². The summed E-state index contributed by atoms with van der Waals surface area (Å²) >= 11 is 0.